The summed E-state index contributed by atoms with van der Waals surface area (Å²) < 4.78 is 12.4. The highest BCUT2D eigenvalue weighted by atomic mass is 28.5. The molecule has 0 N–H and O–H groups in total. The molecule has 0 radical (unpaired) electrons. The van der Waals surface area contributed by atoms with Gasteiger partial charge in [0.15, 0.2) is 8.32 Å². The minimum Gasteiger partial charge on any atom is -0.442 e. The fraction of sp³-hybridized carbons (Fsp3) is 0.857. The number of hydrogen-bond acceptors (Lipinski definition) is 2. The lowest BCUT2D eigenvalue weighted by atomic mass is 9.91. The second kappa shape index (κ2) is 5.97. The first kappa shape index (κ1) is 15.7. The topological polar surface area (TPSA) is 18.5 Å². The van der Waals surface area contributed by atoms with Crippen LogP contribution in [0, 0.1) is 17.8 Å². The Hall–Kier alpha value is 0.311. The Labute approximate surface area is 123 Å². The Morgan fingerprint density at radius 3 is 2.42 bits per heavy atom. The molecular weight excluding hydrogens is 284 g/mol. The molecule has 110 valence electrons. The highest BCUT2D eigenvalue weighted by Gasteiger charge is 2.38. The second-order valence-corrected chi connectivity index (χ2v) is 16.6. The fourth-order valence-electron chi connectivity index (χ4n) is 3.85. The molecule has 0 aromatic heterocycles. The molecule has 2 aliphatic carbocycles. The predicted octanol–water partition coefficient (Wildman–Crippen LogP) is 3.66. The molecule has 0 aromatic carbocycles. The summed E-state index contributed by atoms with van der Waals surface area (Å²) in [6, 6.07) is 1.31. The summed E-state index contributed by atoms with van der Waals surface area (Å²) >= 11 is 0. The summed E-state index contributed by atoms with van der Waals surface area (Å²) in [5, 5.41) is 0. The molecule has 0 saturated heterocycles. The van der Waals surface area contributed by atoms with Crippen LogP contribution in [-0.2, 0) is 8.23 Å². The van der Waals surface area contributed by atoms with Crippen LogP contribution in [0.3, 0.4) is 0 Å². The molecule has 0 heterocycles. The van der Waals surface area contributed by atoms with Crippen LogP contribution in [0.4, 0.5) is 0 Å². The van der Waals surface area contributed by atoms with Crippen molar-refractivity contribution in [1.82, 2.24) is 0 Å². The van der Waals surface area contributed by atoms with Gasteiger partial charge < -0.3 is 8.23 Å². The largest absolute Gasteiger partial charge is 0.442 e. The van der Waals surface area contributed by atoms with Gasteiger partial charge in [0, 0.05) is 0 Å². The van der Waals surface area contributed by atoms with Crippen molar-refractivity contribution in [2.75, 3.05) is 0 Å². The van der Waals surface area contributed by atoms with Crippen LogP contribution < -0.4 is 0 Å². The molecule has 0 spiro atoms. The van der Waals surface area contributed by atoms with E-state index >= 15 is 0 Å². The minimum absolute atomic E-state index is 0.344. The molecule has 0 amide bonds. The van der Waals surface area contributed by atoms with Gasteiger partial charge in [-0.1, -0.05) is 25.1 Å². The van der Waals surface area contributed by atoms with Gasteiger partial charge in [-0.3, -0.25) is 0 Å². The smallest absolute Gasteiger partial charge is 0.310 e. The van der Waals surface area contributed by atoms with Gasteiger partial charge in [0.25, 0.3) is 0 Å². The first-order valence-corrected chi connectivity index (χ1v) is 15.8. The van der Waals surface area contributed by atoms with Crippen LogP contribution in [0.2, 0.25) is 38.8 Å². The third-order valence-corrected chi connectivity index (χ3v) is 14.2. The van der Waals surface area contributed by atoms with E-state index in [1.807, 2.05) is 0 Å². The standard InChI is InChI=1S/C14H30O2Si3/c1-17-15-19(4,5)16-18(2,3)9-8-14-11-12-6-7-13(14)10-12/h6-7,12-14H,8-11,17H2,1-5H3. The van der Waals surface area contributed by atoms with E-state index in [0.717, 1.165) is 17.8 Å². The first-order valence-electron chi connectivity index (χ1n) is 7.84. The van der Waals surface area contributed by atoms with E-state index in [1.54, 1.807) is 0 Å². The molecule has 2 rings (SSSR count). The molecule has 3 atom stereocenters. The molecule has 0 aliphatic heterocycles. The maximum atomic E-state index is 6.48. The van der Waals surface area contributed by atoms with Gasteiger partial charge in [0.05, 0.1) is 0 Å². The minimum atomic E-state index is -1.82. The fourth-order valence-corrected chi connectivity index (χ4v) is 14.2. The lowest BCUT2D eigenvalue weighted by Crippen LogP contribution is -2.47. The Morgan fingerprint density at radius 2 is 1.89 bits per heavy atom. The molecule has 2 nitrogen and oxygen atoms in total. The summed E-state index contributed by atoms with van der Waals surface area (Å²) in [6.45, 7) is 11.4. The number of fused-ring (bicyclic) bond motifs is 2. The van der Waals surface area contributed by atoms with Crippen molar-refractivity contribution in [3.05, 3.63) is 12.2 Å². The normalized spacial score (nSPS) is 30.9. The van der Waals surface area contributed by atoms with Crippen LogP contribution in [0.1, 0.15) is 19.3 Å². The summed E-state index contributed by atoms with van der Waals surface area (Å²) in [7, 11) is -3.70. The van der Waals surface area contributed by atoms with E-state index in [2.05, 4.69) is 44.9 Å². The second-order valence-electron chi connectivity index (χ2n) is 7.27. The van der Waals surface area contributed by atoms with E-state index in [-0.39, 0.29) is 9.76 Å². The van der Waals surface area contributed by atoms with Crippen molar-refractivity contribution in [1.29, 1.82) is 0 Å². The van der Waals surface area contributed by atoms with Crippen molar-refractivity contribution >= 4 is 26.6 Å². The lowest BCUT2D eigenvalue weighted by Gasteiger charge is -2.34. The third kappa shape index (κ3) is 4.39. The van der Waals surface area contributed by atoms with Crippen LogP contribution in [0.15, 0.2) is 12.2 Å². The number of rotatable bonds is 7. The Bertz CT molecular complexity index is 342. The maximum Gasteiger partial charge on any atom is 0.310 e. The highest BCUT2D eigenvalue weighted by molar-refractivity contribution is 6.83. The lowest BCUT2D eigenvalue weighted by molar-refractivity contribution is 0.390. The average molecular weight is 315 g/mol. The first-order chi connectivity index (χ1) is 8.81. The molecule has 5 heteroatoms. The summed E-state index contributed by atoms with van der Waals surface area (Å²) in [6.07, 6.45) is 9.15. The van der Waals surface area contributed by atoms with Crippen molar-refractivity contribution in [2.45, 2.75) is 58.0 Å². The van der Waals surface area contributed by atoms with E-state index < -0.39 is 16.9 Å². The van der Waals surface area contributed by atoms with Crippen LogP contribution >= 0.6 is 0 Å². The van der Waals surface area contributed by atoms with Gasteiger partial charge in [-0.15, -0.1) is 0 Å². The zero-order chi connectivity index (χ0) is 14.1. The van der Waals surface area contributed by atoms with E-state index in [4.69, 9.17) is 8.23 Å². The summed E-state index contributed by atoms with van der Waals surface area (Å²) in [5.41, 5.74) is 0. The van der Waals surface area contributed by atoms with Gasteiger partial charge >= 0.3 is 8.56 Å². The molecule has 19 heavy (non-hydrogen) atoms. The summed E-state index contributed by atoms with van der Waals surface area (Å²) in [5.74, 6) is 2.73. The van der Waals surface area contributed by atoms with Gasteiger partial charge in [0.2, 0.25) is 0 Å². The molecular formula is C14H30O2Si3. The van der Waals surface area contributed by atoms with Gasteiger partial charge in [0.1, 0.15) is 9.76 Å². The van der Waals surface area contributed by atoms with Gasteiger partial charge in [-0.2, -0.15) is 0 Å². The number of hydrogen-bond donors (Lipinski definition) is 0. The Morgan fingerprint density at radius 1 is 1.16 bits per heavy atom. The van der Waals surface area contributed by atoms with Crippen molar-refractivity contribution < 1.29 is 8.23 Å². The van der Waals surface area contributed by atoms with Crippen molar-refractivity contribution in [3.8, 4) is 0 Å². The van der Waals surface area contributed by atoms with Crippen molar-refractivity contribution in [2.24, 2.45) is 17.8 Å². The van der Waals surface area contributed by atoms with Crippen LogP contribution in [-0.4, -0.2) is 26.6 Å². The maximum absolute atomic E-state index is 6.48. The molecule has 1 fully saturated rings. The molecule has 2 bridgehead atoms. The predicted molar refractivity (Wildman–Crippen MR) is 89.8 cm³/mol. The molecule has 2 aliphatic rings. The third-order valence-electron chi connectivity index (χ3n) is 4.55. The Kier molecular flexibility index (Phi) is 4.93. The monoisotopic (exact) mass is 314 g/mol. The Balaban J connectivity index is 1.79. The highest BCUT2D eigenvalue weighted by Crippen LogP contribution is 2.46. The van der Waals surface area contributed by atoms with Gasteiger partial charge in [-0.05, 0) is 62.8 Å². The van der Waals surface area contributed by atoms with Crippen LogP contribution in [0.25, 0.3) is 0 Å². The van der Waals surface area contributed by atoms with Gasteiger partial charge in [-0.25, -0.2) is 0 Å². The SMILES string of the molecule is C[SiH2]O[Si](C)(C)O[Si](C)(C)CCC1CC2C=CC1C2. The van der Waals surface area contributed by atoms with E-state index in [0.29, 0.717) is 0 Å². The van der Waals surface area contributed by atoms with Crippen molar-refractivity contribution in [3.63, 3.8) is 0 Å². The van der Waals surface area contributed by atoms with E-state index in [9.17, 15) is 0 Å². The van der Waals surface area contributed by atoms with E-state index in [1.165, 1.54) is 25.3 Å². The molecule has 1 saturated carbocycles. The zero-order valence-corrected chi connectivity index (χ0v) is 16.7. The molecule has 3 unspecified atom stereocenters. The van der Waals surface area contributed by atoms with Crippen LogP contribution in [0.5, 0.6) is 0 Å². The summed E-state index contributed by atoms with van der Waals surface area (Å²) in [4.78, 5) is 0. The number of allylic oxidation sites excluding steroid dienone is 2. The quantitative estimate of drug-likeness (QED) is 0.527. The molecule has 0 aromatic rings. The zero-order valence-electron chi connectivity index (χ0n) is 13.2. The average Bonchev–Trinajstić information content (AvgIpc) is 2.86.